The number of sulfone groups is 1. The molecule has 0 bridgehead atoms. The maximum atomic E-state index is 12.7. The second-order valence-electron chi connectivity index (χ2n) is 7.00. The number of carbonyl (C=O) groups excluding carboxylic acids is 1. The van der Waals surface area contributed by atoms with E-state index in [-0.39, 0.29) is 35.8 Å². The number of carbonyl (C=O) groups is 1. The predicted octanol–water partition coefficient (Wildman–Crippen LogP) is 3.49. The zero-order chi connectivity index (χ0) is 21.3. The number of nitrogens with zero attached hydrogens (tertiary/aromatic N) is 3. The number of benzene rings is 1. The molecule has 3 heterocycles. The lowest BCUT2D eigenvalue weighted by atomic mass is 10.3. The Morgan fingerprint density at radius 1 is 1.37 bits per heavy atom. The SMILES string of the molecule is Cc1cc(NC(=O)c2csc(COc3ccc(Cl)cc3)n2)n(C2CCS(=O)(=O)C2)n1. The Kier molecular flexibility index (Phi) is 5.81. The molecule has 0 aliphatic carbocycles. The van der Waals surface area contributed by atoms with Crippen LogP contribution in [0.4, 0.5) is 5.82 Å². The molecule has 0 saturated carbocycles. The number of aryl methyl sites for hydroxylation is 1. The number of nitrogens with one attached hydrogen (secondary N) is 1. The minimum Gasteiger partial charge on any atom is -0.486 e. The molecule has 1 fully saturated rings. The van der Waals surface area contributed by atoms with E-state index in [1.165, 1.54) is 11.3 Å². The molecule has 4 rings (SSSR count). The molecule has 0 spiro atoms. The van der Waals surface area contributed by atoms with Gasteiger partial charge in [-0.15, -0.1) is 11.3 Å². The van der Waals surface area contributed by atoms with Gasteiger partial charge >= 0.3 is 0 Å². The summed E-state index contributed by atoms with van der Waals surface area (Å²) in [5.74, 6) is 0.899. The first-order chi connectivity index (χ1) is 14.3. The van der Waals surface area contributed by atoms with Gasteiger partial charge in [-0.25, -0.2) is 18.1 Å². The van der Waals surface area contributed by atoms with Gasteiger partial charge in [-0.3, -0.25) is 4.79 Å². The molecule has 1 amide bonds. The lowest BCUT2D eigenvalue weighted by Gasteiger charge is -2.13. The minimum atomic E-state index is -3.07. The average molecular weight is 467 g/mol. The minimum absolute atomic E-state index is 0.0277. The lowest BCUT2D eigenvalue weighted by molar-refractivity contribution is 0.102. The highest BCUT2D eigenvalue weighted by molar-refractivity contribution is 7.91. The number of aromatic nitrogens is 3. The maximum absolute atomic E-state index is 12.7. The van der Waals surface area contributed by atoms with Crippen LogP contribution in [0.2, 0.25) is 5.02 Å². The Morgan fingerprint density at radius 2 is 2.13 bits per heavy atom. The van der Waals surface area contributed by atoms with Crippen molar-refractivity contribution in [2.24, 2.45) is 0 Å². The monoisotopic (exact) mass is 466 g/mol. The third kappa shape index (κ3) is 4.82. The van der Waals surface area contributed by atoms with Crippen molar-refractivity contribution < 1.29 is 17.9 Å². The summed E-state index contributed by atoms with van der Waals surface area (Å²) in [6.07, 6.45) is 0.481. The Hall–Kier alpha value is -2.43. The molecule has 158 valence electrons. The first kappa shape index (κ1) is 20.8. The highest BCUT2D eigenvalue weighted by Gasteiger charge is 2.31. The molecule has 11 heteroatoms. The average Bonchev–Trinajstić information content (AvgIpc) is 3.40. The van der Waals surface area contributed by atoms with Gasteiger partial charge in [0.25, 0.3) is 5.91 Å². The van der Waals surface area contributed by atoms with Crippen LogP contribution in [0.15, 0.2) is 35.7 Å². The standard InChI is InChI=1S/C19H19ClN4O4S2/c1-12-8-17(24(23-12)14-6-7-30(26,27)11-14)22-19(25)16-10-29-18(21-16)9-28-15-4-2-13(20)3-5-15/h2-5,8,10,14H,6-7,9,11H2,1H3,(H,22,25). The molecule has 8 nitrogen and oxygen atoms in total. The maximum Gasteiger partial charge on any atom is 0.276 e. The van der Waals surface area contributed by atoms with Crippen molar-refractivity contribution in [2.75, 3.05) is 16.8 Å². The van der Waals surface area contributed by atoms with Gasteiger partial charge in [-0.1, -0.05) is 11.6 Å². The third-order valence-corrected chi connectivity index (χ3v) is 7.44. The molecule has 1 saturated heterocycles. The van der Waals surface area contributed by atoms with Gasteiger partial charge in [0.15, 0.2) is 9.84 Å². The topological polar surface area (TPSA) is 103 Å². The van der Waals surface area contributed by atoms with Crippen LogP contribution in [0, 0.1) is 6.92 Å². The molecule has 2 aromatic heterocycles. The van der Waals surface area contributed by atoms with Gasteiger partial charge < -0.3 is 10.1 Å². The molecule has 1 aliphatic rings. The van der Waals surface area contributed by atoms with E-state index in [0.29, 0.717) is 33.7 Å². The summed E-state index contributed by atoms with van der Waals surface area (Å²) in [5, 5.41) is 10.1. The number of hydrogen-bond acceptors (Lipinski definition) is 7. The molecule has 1 atom stereocenters. The van der Waals surface area contributed by atoms with Gasteiger partial charge in [0.05, 0.1) is 23.2 Å². The molecular formula is C19H19ClN4O4S2. The van der Waals surface area contributed by atoms with Crippen LogP contribution in [0.5, 0.6) is 5.75 Å². The van der Waals surface area contributed by atoms with Gasteiger partial charge in [0.2, 0.25) is 0 Å². The van der Waals surface area contributed by atoms with E-state index in [0.717, 1.165) is 0 Å². The van der Waals surface area contributed by atoms with E-state index in [1.54, 1.807) is 47.3 Å². The summed E-state index contributed by atoms with van der Waals surface area (Å²) < 4.78 is 30.9. The number of rotatable bonds is 6. The van der Waals surface area contributed by atoms with E-state index in [1.807, 2.05) is 0 Å². The predicted molar refractivity (Wildman–Crippen MR) is 115 cm³/mol. The van der Waals surface area contributed by atoms with Crippen molar-refractivity contribution in [1.82, 2.24) is 14.8 Å². The van der Waals surface area contributed by atoms with Crippen molar-refractivity contribution in [2.45, 2.75) is 26.0 Å². The smallest absolute Gasteiger partial charge is 0.276 e. The van der Waals surface area contributed by atoms with Crippen molar-refractivity contribution >= 4 is 44.5 Å². The van der Waals surface area contributed by atoms with Crippen LogP contribution in [0.1, 0.15) is 33.7 Å². The van der Waals surface area contributed by atoms with Crippen LogP contribution in [0.3, 0.4) is 0 Å². The van der Waals surface area contributed by atoms with Gasteiger partial charge in [0, 0.05) is 16.5 Å². The number of thiazole rings is 1. The highest BCUT2D eigenvalue weighted by Crippen LogP contribution is 2.27. The Bertz CT molecular complexity index is 1170. The zero-order valence-corrected chi connectivity index (χ0v) is 18.4. The summed E-state index contributed by atoms with van der Waals surface area (Å²) in [6.45, 7) is 2.03. The van der Waals surface area contributed by atoms with Crippen molar-refractivity contribution in [3.8, 4) is 5.75 Å². The highest BCUT2D eigenvalue weighted by atomic mass is 35.5. The summed E-state index contributed by atoms with van der Waals surface area (Å²) >= 11 is 7.18. The fraction of sp³-hybridized carbons (Fsp3) is 0.316. The first-order valence-corrected chi connectivity index (χ1v) is 12.3. The summed E-state index contributed by atoms with van der Waals surface area (Å²) in [5.41, 5.74) is 0.962. The first-order valence-electron chi connectivity index (χ1n) is 9.20. The van der Waals surface area contributed by atoms with Crippen LogP contribution < -0.4 is 10.1 Å². The second-order valence-corrected chi connectivity index (χ2v) is 10.6. The number of hydrogen-bond donors (Lipinski definition) is 1. The zero-order valence-electron chi connectivity index (χ0n) is 16.0. The summed E-state index contributed by atoms with van der Waals surface area (Å²) in [6, 6.07) is 8.43. The van der Waals surface area contributed by atoms with Crippen molar-refractivity contribution in [1.29, 1.82) is 0 Å². The number of ether oxygens (including phenoxy) is 1. The third-order valence-electron chi connectivity index (χ3n) is 4.61. The Labute approximate surface area is 182 Å². The summed E-state index contributed by atoms with van der Waals surface area (Å²) in [7, 11) is -3.07. The molecule has 1 N–H and O–H groups in total. The normalized spacial score (nSPS) is 17.7. The fourth-order valence-electron chi connectivity index (χ4n) is 3.19. The van der Waals surface area contributed by atoms with Gasteiger partial charge in [-0.2, -0.15) is 5.10 Å². The molecule has 30 heavy (non-hydrogen) atoms. The van der Waals surface area contributed by atoms with E-state index in [9.17, 15) is 13.2 Å². The Balaban J connectivity index is 1.42. The van der Waals surface area contributed by atoms with Gasteiger partial charge in [-0.05, 0) is 37.6 Å². The van der Waals surface area contributed by atoms with E-state index < -0.39 is 9.84 Å². The van der Waals surface area contributed by atoms with Crippen LogP contribution in [-0.4, -0.2) is 40.6 Å². The quantitative estimate of drug-likeness (QED) is 0.596. The summed E-state index contributed by atoms with van der Waals surface area (Å²) in [4.78, 5) is 17.0. The largest absolute Gasteiger partial charge is 0.486 e. The molecule has 3 aromatic rings. The van der Waals surface area contributed by atoms with E-state index in [4.69, 9.17) is 16.3 Å². The molecule has 1 aliphatic heterocycles. The number of halogens is 1. The van der Waals surface area contributed by atoms with Crippen molar-refractivity contribution in [3.05, 3.63) is 57.1 Å². The van der Waals surface area contributed by atoms with E-state index in [2.05, 4.69) is 15.4 Å². The van der Waals surface area contributed by atoms with Crippen LogP contribution >= 0.6 is 22.9 Å². The lowest BCUT2D eigenvalue weighted by Crippen LogP contribution is -2.19. The Morgan fingerprint density at radius 3 is 2.83 bits per heavy atom. The molecule has 1 unspecified atom stereocenters. The molecular weight excluding hydrogens is 448 g/mol. The molecule has 1 aromatic carbocycles. The van der Waals surface area contributed by atoms with E-state index >= 15 is 0 Å². The molecule has 0 radical (unpaired) electrons. The van der Waals surface area contributed by atoms with Crippen molar-refractivity contribution in [3.63, 3.8) is 0 Å². The second kappa shape index (κ2) is 8.37. The van der Waals surface area contributed by atoms with Gasteiger partial charge in [0.1, 0.15) is 28.9 Å². The van der Waals surface area contributed by atoms with Crippen LogP contribution in [-0.2, 0) is 16.4 Å². The number of amides is 1. The van der Waals surface area contributed by atoms with Crippen LogP contribution in [0.25, 0.3) is 0 Å². The number of anilines is 1. The fourth-order valence-corrected chi connectivity index (χ4v) is 5.70.